The molecule has 0 aliphatic heterocycles. The summed E-state index contributed by atoms with van der Waals surface area (Å²) in [6.45, 7) is 5.16. The number of halogens is 2. The smallest absolute Gasteiger partial charge is 0.191 e. The van der Waals surface area contributed by atoms with Crippen LogP contribution >= 0.6 is 11.6 Å². The summed E-state index contributed by atoms with van der Waals surface area (Å²) in [6, 6.07) is 4.47. The number of rotatable bonds is 5. The topological polar surface area (TPSA) is 67.1 Å². The molecule has 0 saturated heterocycles. The number of aliphatic imine (C=N–C) groups is 1. The Morgan fingerprint density at radius 3 is 2.71 bits per heavy atom. The molecule has 0 atom stereocenters. The van der Waals surface area contributed by atoms with Crippen molar-refractivity contribution in [1.82, 2.24) is 25.4 Å². The van der Waals surface area contributed by atoms with Crippen LogP contribution in [0.25, 0.3) is 0 Å². The fourth-order valence-corrected chi connectivity index (χ4v) is 2.72. The predicted octanol–water partition coefficient (Wildman–Crippen LogP) is 2.25. The molecule has 0 radical (unpaired) electrons. The number of hydrogen-bond donors (Lipinski definition) is 2. The lowest BCUT2D eigenvalue weighted by molar-refractivity contribution is 0.506. The summed E-state index contributed by atoms with van der Waals surface area (Å²) in [5, 5.41) is 10.9. The Balaban J connectivity index is 1.97. The Morgan fingerprint density at radius 2 is 2.12 bits per heavy atom. The second-order valence-electron chi connectivity index (χ2n) is 6.09. The molecule has 6 nitrogen and oxygen atoms in total. The van der Waals surface area contributed by atoms with E-state index >= 15 is 0 Å². The molecule has 0 unspecified atom stereocenters. The molecule has 130 valence electrons. The van der Waals surface area contributed by atoms with Crippen LogP contribution in [-0.4, -0.2) is 34.3 Å². The Labute approximate surface area is 146 Å². The molecule has 0 bridgehead atoms. The molecule has 0 spiro atoms. The molecule has 8 heteroatoms. The molecule has 0 fully saturated rings. The van der Waals surface area contributed by atoms with Crippen molar-refractivity contribution in [3.63, 3.8) is 0 Å². The molecule has 0 amide bonds. The van der Waals surface area contributed by atoms with Crippen LogP contribution in [0.3, 0.4) is 0 Å². The number of hydrogen-bond acceptors (Lipinski definition) is 3. The third-order valence-electron chi connectivity index (χ3n) is 3.80. The minimum Gasteiger partial charge on any atom is -0.356 e. The van der Waals surface area contributed by atoms with Crippen molar-refractivity contribution in [2.75, 3.05) is 13.6 Å². The van der Waals surface area contributed by atoms with E-state index < -0.39 is 0 Å². The molecular weight excluding hydrogens is 331 g/mol. The highest BCUT2D eigenvalue weighted by atomic mass is 35.5. The molecule has 0 saturated carbocycles. The number of aryl methyl sites for hydroxylation is 1. The van der Waals surface area contributed by atoms with Gasteiger partial charge in [-0.15, -0.1) is 0 Å². The fraction of sp³-hybridized carbons (Fsp3) is 0.438. The van der Waals surface area contributed by atoms with Crippen molar-refractivity contribution in [1.29, 1.82) is 0 Å². The van der Waals surface area contributed by atoms with Crippen LogP contribution in [0.15, 0.2) is 29.5 Å². The lowest BCUT2D eigenvalue weighted by atomic mass is 9.84. The Hall–Kier alpha value is -2.15. The van der Waals surface area contributed by atoms with Gasteiger partial charge in [-0.3, -0.25) is 9.67 Å². The Morgan fingerprint density at radius 1 is 1.38 bits per heavy atom. The molecule has 1 aromatic heterocycles. The van der Waals surface area contributed by atoms with Crippen molar-refractivity contribution >= 4 is 17.6 Å². The largest absolute Gasteiger partial charge is 0.356 e. The van der Waals surface area contributed by atoms with E-state index in [4.69, 9.17) is 11.6 Å². The van der Waals surface area contributed by atoms with Gasteiger partial charge < -0.3 is 10.6 Å². The molecule has 24 heavy (non-hydrogen) atoms. The fourth-order valence-electron chi connectivity index (χ4n) is 2.30. The Bertz CT molecular complexity index is 725. The van der Waals surface area contributed by atoms with Gasteiger partial charge in [0.25, 0.3) is 0 Å². The van der Waals surface area contributed by atoms with E-state index in [1.165, 1.54) is 18.5 Å². The molecule has 2 aromatic rings. The van der Waals surface area contributed by atoms with Crippen LogP contribution in [0.1, 0.15) is 25.2 Å². The summed E-state index contributed by atoms with van der Waals surface area (Å²) in [5.41, 5.74) is 0.578. The van der Waals surface area contributed by atoms with Crippen LogP contribution in [0.5, 0.6) is 0 Å². The average Bonchev–Trinajstić information content (AvgIpc) is 2.92. The highest BCUT2D eigenvalue weighted by Gasteiger charge is 2.24. The van der Waals surface area contributed by atoms with Crippen LogP contribution in [-0.2, 0) is 19.0 Å². The number of nitrogens with zero attached hydrogens (tertiary/aromatic N) is 4. The third-order valence-corrected chi connectivity index (χ3v) is 4.11. The van der Waals surface area contributed by atoms with E-state index in [1.807, 2.05) is 20.9 Å². The van der Waals surface area contributed by atoms with E-state index in [2.05, 4.69) is 25.7 Å². The summed E-state index contributed by atoms with van der Waals surface area (Å²) < 4.78 is 14.9. The molecule has 2 N–H and O–H groups in total. The van der Waals surface area contributed by atoms with Gasteiger partial charge in [0, 0.05) is 31.1 Å². The first kappa shape index (κ1) is 18.2. The molecule has 0 aliphatic carbocycles. The average molecular weight is 353 g/mol. The first-order chi connectivity index (χ1) is 11.3. The van der Waals surface area contributed by atoms with Crippen LogP contribution in [0.4, 0.5) is 4.39 Å². The summed E-state index contributed by atoms with van der Waals surface area (Å²) >= 11 is 6.18. The zero-order valence-electron chi connectivity index (χ0n) is 14.3. The summed E-state index contributed by atoms with van der Waals surface area (Å²) in [6.07, 6.45) is 1.51. The van der Waals surface area contributed by atoms with Crippen LogP contribution < -0.4 is 10.6 Å². The summed E-state index contributed by atoms with van der Waals surface area (Å²) in [4.78, 5) is 8.35. The van der Waals surface area contributed by atoms with Crippen molar-refractivity contribution in [2.24, 2.45) is 12.0 Å². The van der Waals surface area contributed by atoms with Gasteiger partial charge in [-0.2, -0.15) is 5.10 Å². The standard InChI is InChI=1S/C16H22ClFN6/c1-16(2,12-6-5-11(18)7-13(12)17)9-21-15(19-3)20-8-14-22-10-23-24(14)4/h5-7,10H,8-9H2,1-4H3,(H2,19,20,21). The maximum Gasteiger partial charge on any atom is 0.191 e. The van der Waals surface area contributed by atoms with Gasteiger partial charge in [0.2, 0.25) is 0 Å². The zero-order chi connectivity index (χ0) is 17.7. The van der Waals surface area contributed by atoms with Gasteiger partial charge >= 0.3 is 0 Å². The van der Waals surface area contributed by atoms with E-state index in [1.54, 1.807) is 17.8 Å². The van der Waals surface area contributed by atoms with E-state index in [9.17, 15) is 4.39 Å². The SMILES string of the molecule is CN=C(NCc1ncnn1C)NCC(C)(C)c1ccc(F)cc1Cl. The van der Waals surface area contributed by atoms with E-state index in [-0.39, 0.29) is 11.2 Å². The second kappa shape index (κ2) is 7.61. The first-order valence-electron chi connectivity index (χ1n) is 7.56. The Kier molecular flexibility index (Phi) is 5.77. The lowest BCUT2D eigenvalue weighted by Gasteiger charge is -2.27. The minimum absolute atomic E-state index is 0.298. The number of aromatic nitrogens is 3. The van der Waals surface area contributed by atoms with Crippen LogP contribution in [0, 0.1) is 5.82 Å². The van der Waals surface area contributed by atoms with Crippen LogP contribution in [0.2, 0.25) is 5.02 Å². The number of benzene rings is 1. The quantitative estimate of drug-likeness (QED) is 0.640. The highest BCUT2D eigenvalue weighted by Crippen LogP contribution is 2.29. The third kappa shape index (κ3) is 4.44. The second-order valence-corrected chi connectivity index (χ2v) is 6.49. The van der Waals surface area contributed by atoms with E-state index in [0.717, 1.165) is 11.4 Å². The molecule has 1 heterocycles. The van der Waals surface area contributed by atoms with Crippen molar-refractivity contribution < 1.29 is 4.39 Å². The monoisotopic (exact) mass is 352 g/mol. The molecular formula is C16H22ClFN6. The summed E-state index contributed by atoms with van der Waals surface area (Å²) in [5.74, 6) is 1.11. The van der Waals surface area contributed by atoms with Crippen molar-refractivity contribution in [3.8, 4) is 0 Å². The van der Waals surface area contributed by atoms with Gasteiger partial charge in [0.1, 0.15) is 18.0 Å². The molecule has 1 aromatic carbocycles. The van der Waals surface area contributed by atoms with Gasteiger partial charge in [-0.1, -0.05) is 31.5 Å². The zero-order valence-corrected chi connectivity index (χ0v) is 15.0. The molecule has 2 rings (SSSR count). The number of guanidine groups is 1. The van der Waals surface area contributed by atoms with Gasteiger partial charge in [-0.25, -0.2) is 9.37 Å². The number of nitrogens with one attached hydrogen (secondary N) is 2. The lowest BCUT2D eigenvalue weighted by Crippen LogP contribution is -2.43. The molecule has 0 aliphatic rings. The van der Waals surface area contributed by atoms with Gasteiger partial charge in [-0.05, 0) is 17.7 Å². The van der Waals surface area contributed by atoms with Gasteiger partial charge in [0.05, 0.1) is 6.54 Å². The van der Waals surface area contributed by atoms with Crippen molar-refractivity contribution in [2.45, 2.75) is 25.8 Å². The summed E-state index contributed by atoms with van der Waals surface area (Å²) in [7, 11) is 3.53. The minimum atomic E-state index is -0.339. The van der Waals surface area contributed by atoms with Crippen molar-refractivity contribution in [3.05, 3.63) is 46.8 Å². The van der Waals surface area contributed by atoms with Gasteiger partial charge in [0.15, 0.2) is 5.96 Å². The maximum absolute atomic E-state index is 13.2. The van der Waals surface area contributed by atoms with E-state index in [0.29, 0.717) is 24.1 Å². The normalized spacial score (nSPS) is 12.3. The maximum atomic E-state index is 13.2. The predicted molar refractivity (Wildman–Crippen MR) is 93.6 cm³/mol. The highest BCUT2D eigenvalue weighted by molar-refractivity contribution is 6.31. The first-order valence-corrected chi connectivity index (χ1v) is 7.94.